The minimum Gasteiger partial charge on any atom is -0.333 e. The van der Waals surface area contributed by atoms with Crippen molar-refractivity contribution in [1.29, 1.82) is 0 Å². The van der Waals surface area contributed by atoms with Gasteiger partial charge in [0.05, 0.1) is 12.1 Å². The number of piperidine rings is 1. The molecule has 1 fully saturated rings. The lowest BCUT2D eigenvalue weighted by Crippen LogP contribution is -2.51. The van der Waals surface area contributed by atoms with Gasteiger partial charge in [-0.05, 0) is 48.3 Å². The fraction of sp³-hybridized carbons (Fsp3) is 0.632. The summed E-state index contributed by atoms with van der Waals surface area (Å²) in [6, 6.07) is 8.10. The Hall–Kier alpha value is -1.59. The normalized spacial score (nSPS) is 24.8. The van der Waals surface area contributed by atoms with Gasteiger partial charge in [-0.2, -0.15) is 0 Å². The summed E-state index contributed by atoms with van der Waals surface area (Å²) in [5, 5.41) is 3.15. The van der Waals surface area contributed by atoms with Gasteiger partial charge in [-0.25, -0.2) is 4.79 Å². The summed E-state index contributed by atoms with van der Waals surface area (Å²) in [6.07, 6.45) is 2.86. The standard InChI is InChI=1S/C19H30N4O/c1-19(2,12-20)14-7-9-23(10-8-14)18(24)22-16-11-13-5-3-4-6-15(13)17(16)21/h3-6,14,16-17H,7-12,20-21H2,1-2H3,(H,22,24)/t16-,17-/m1/s1. The first-order valence-electron chi connectivity index (χ1n) is 9.01. The van der Waals surface area contributed by atoms with Gasteiger partial charge in [-0.1, -0.05) is 38.1 Å². The number of carbonyl (C=O) groups excluding carboxylic acids is 1. The molecule has 0 unspecified atom stereocenters. The maximum atomic E-state index is 12.6. The Morgan fingerprint density at radius 1 is 1.29 bits per heavy atom. The first-order chi connectivity index (χ1) is 11.4. The van der Waals surface area contributed by atoms with Gasteiger partial charge in [-0.15, -0.1) is 0 Å². The number of carbonyl (C=O) groups is 1. The molecule has 1 aromatic carbocycles. The fourth-order valence-corrected chi connectivity index (χ4v) is 4.05. The third-order valence-corrected chi connectivity index (χ3v) is 6.01. The summed E-state index contributed by atoms with van der Waals surface area (Å²) in [7, 11) is 0. The van der Waals surface area contributed by atoms with Crippen molar-refractivity contribution in [3.63, 3.8) is 0 Å². The summed E-state index contributed by atoms with van der Waals surface area (Å²) in [5.74, 6) is 0.588. The van der Waals surface area contributed by atoms with Gasteiger partial charge in [0.25, 0.3) is 0 Å². The number of nitrogens with two attached hydrogens (primary N) is 2. The van der Waals surface area contributed by atoms with Gasteiger partial charge in [-0.3, -0.25) is 0 Å². The summed E-state index contributed by atoms with van der Waals surface area (Å²) in [6.45, 7) is 6.74. The summed E-state index contributed by atoms with van der Waals surface area (Å²) in [5.41, 5.74) is 14.8. The minimum absolute atomic E-state index is 0.00638. The molecule has 132 valence electrons. The highest BCUT2D eigenvalue weighted by Crippen LogP contribution is 2.34. The largest absolute Gasteiger partial charge is 0.333 e. The van der Waals surface area contributed by atoms with Crippen molar-refractivity contribution < 1.29 is 4.79 Å². The van der Waals surface area contributed by atoms with Gasteiger partial charge in [0.2, 0.25) is 0 Å². The zero-order valence-electron chi connectivity index (χ0n) is 14.8. The highest BCUT2D eigenvalue weighted by atomic mass is 16.2. The quantitative estimate of drug-likeness (QED) is 0.793. The van der Waals surface area contributed by atoms with Crippen molar-refractivity contribution in [3.8, 4) is 0 Å². The summed E-state index contributed by atoms with van der Waals surface area (Å²) >= 11 is 0. The topological polar surface area (TPSA) is 84.4 Å². The fourth-order valence-electron chi connectivity index (χ4n) is 4.05. The average molecular weight is 330 g/mol. The molecular weight excluding hydrogens is 300 g/mol. The Morgan fingerprint density at radius 3 is 2.58 bits per heavy atom. The van der Waals surface area contributed by atoms with Crippen LogP contribution in [0.15, 0.2) is 24.3 Å². The van der Waals surface area contributed by atoms with Crippen molar-refractivity contribution in [2.45, 2.75) is 45.2 Å². The molecule has 0 saturated carbocycles. The number of fused-ring (bicyclic) bond motifs is 1. The van der Waals surface area contributed by atoms with Crippen LogP contribution in [0.3, 0.4) is 0 Å². The van der Waals surface area contributed by atoms with Crippen LogP contribution in [-0.4, -0.2) is 36.6 Å². The summed E-state index contributed by atoms with van der Waals surface area (Å²) < 4.78 is 0. The third-order valence-electron chi connectivity index (χ3n) is 6.01. The molecule has 2 aliphatic rings. The molecule has 5 N–H and O–H groups in total. The molecular formula is C19H30N4O. The van der Waals surface area contributed by atoms with E-state index in [0.717, 1.165) is 37.9 Å². The molecule has 0 bridgehead atoms. The molecule has 0 radical (unpaired) electrons. The van der Waals surface area contributed by atoms with Crippen LogP contribution in [0.25, 0.3) is 0 Å². The lowest BCUT2D eigenvalue weighted by molar-refractivity contribution is 0.114. The molecule has 0 aromatic heterocycles. The van der Waals surface area contributed by atoms with Crippen LogP contribution in [0.4, 0.5) is 4.79 Å². The predicted molar refractivity (Wildman–Crippen MR) is 96.5 cm³/mol. The first kappa shape index (κ1) is 17.2. The van der Waals surface area contributed by atoms with Gasteiger partial charge in [0.1, 0.15) is 0 Å². The van der Waals surface area contributed by atoms with Crippen LogP contribution >= 0.6 is 0 Å². The van der Waals surface area contributed by atoms with E-state index in [2.05, 4.69) is 31.3 Å². The number of hydrogen-bond acceptors (Lipinski definition) is 3. The number of hydrogen-bond donors (Lipinski definition) is 3. The Morgan fingerprint density at radius 2 is 1.96 bits per heavy atom. The van der Waals surface area contributed by atoms with Crippen molar-refractivity contribution in [2.75, 3.05) is 19.6 Å². The van der Waals surface area contributed by atoms with E-state index in [1.807, 2.05) is 17.0 Å². The number of benzene rings is 1. The first-order valence-corrected chi connectivity index (χ1v) is 9.01. The van der Waals surface area contributed by atoms with Crippen LogP contribution in [0, 0.1) is 11.3 Å². The highest BCUT2D eigenvalue weighted by Gasteiger charge is 2.35. The number of amides is 2. The van der Waals surface area contributed by atoms with E-state index < -0.39 is 0 Å². The minimum atomic E-state index is -0.112. The molecule has 5 heteroatoms. The smallest absolute Gasteiger partial charge is 0.317 e. The van der Waals surface area contributed by atoms with Crippen LogP contribution in [0.5, 0.6) is 0 Å². The van der Waals surface area contributed by atoms with E-state index in [-0.39, 0.29) is 23.5 Å². The molecule has 5 nitrogen and oxygen atoms in total. The number of nitrogens with zero attached hydrogens (tertiary/aromatic N) is 1. The van der Waals surface area contributed by atoms with Crippen molar-refractivity contribution in [1.82, 2.24) is 10.2 Å². The third kappa shape index (κ3) is 3.28. The van der Waals surface area contributed by atoms with Crippen molar-refractivity contribution in [3.05, 3.63) is 35.4 Å². The number of urea groups is 1. The van der Waals surface area contributed by atoms with Crippen molar-refractivity contribution in [2.24, 2.45) is 22.8 Å². The van der Waals surface area contributed by atoms with Gasteiger partial charge in [0, 0.05) is 13.1 Å². The summed E-state index contributed by atoms with van der Waals surface area (Å²) in [4.78, 5) is 14.5. The molecule has 2 atom stereocenters. The molecule has 0 spiro atoms. The van der Waals surface area contributed by atoms with Gasteiger partial charge < -0.3 is 21.7 Å². The predicted octanol–water partition coefficient (Wildman–Crippen LogP) is 2.02. The van der Waals surface area contributed by atoms with E-state index in [1.54, 1.807) is 0 Å². The van der Waals surface area contributed by atoms with Crippen LogP contribution < -0.4 is 16.8 Å². The Balaban J connectivity index is 1.54. The number of rotatable bonds is 3. The van der Waals surface area contributed by atoms with E-state index in [4.69, 9.17) is 11.5 Å². The van der Waals surface area contributed by atoms with E-state index in [9.17, 15) is 4.79 Å². The second-order valence-electron chi connectivity index (χ2n) is 7.94. The maximum absolute atomic E-state index is 12.6. The maximum Gasteiger partial charge on any atom is 0.317 e. The zero-order chi connectivity index (χ0) is 17.3. The number of likely N-dealkylation sites (tertiary alicyclic amines) is 1. The van der Waals surface area contributed by atoms with Crippen LogP contribution in [0.1, 0.15) is 43.9 Å². The van der Waals surface area contributed by atoms with E-state index in [0.29, 0.717) is 12.5 Å². The lowest BCUT2D eigenvalue weighted by Gasteiger charge is -2.40. The molecule has 24 heavy (non-hydrogen) atoms. The lowest BCUT2D eigenvalue weighted by atomic mass is 9.74. The highest BCUT2D eigenvalue weighted by molar-refractivity contribution is 5.75. The molecule has 3 rings (SSSR count). The average Bonchev–Trinajstić information content (AvgIpc) is 2.91. The van der Waals surface area contributed by atoms with E-state index >= 15 is 0 Å². The van der Waals surface area contributed by atoms with Crippen LogP contribution in [0.2, 0.25) is 0 Å². The second-order valence-corrected chi connectivity index (χ2v) is 7.94. The SMILES string of the molecule is CC(C)(CN)C1CCN(C(=O)N[C@@H]2Cc3ccccc3[C@H]2N)CC1. The monoisotopic (exact) mass is 330 g/mol. The molecule has 1 heterocycles. The van der Waals surface area contributed by atoms with E-state index in [1.165, 1.54) is 5.56 Å². The molecule has 1 aromatic rings. The Bertz CT molecular complexity index is 593. The molecule has 1 aliphatic heterocycles. The van der Waals surface area contributed by atoms with Crippen LogP contribution in [-0.2, 0) is 6.42 Å². The molecule has 1 aliphatic carbocycles. The van der Waals surface area contributed by atoms with Gasteiger partial charge in [0.15, 0.2) is 0 Å². The molecule has 2 amide bonds. The zero-order valence-corrected chi connectivity index (χ0v) is 14.8. The molecule has 1 saturated heterocycles. The Kier molecular flexibility index (Phi) is 4.83. The number of nitrogens with one attached hydrogen (secondary N) is 1. The van der Waals surface area contributed by atoms with Crippen molar-refractivity contribution >= 4 is 6.03 Å². The Labute approximate surface area is 144 Å². The second kappa shape index (κ2) is 6.73. The van der Waals surface area contributed by atoms with Gasteiger partial charge >= 0.3 is 6.03 Å².